The van der Waals surface area contributed by atoms with Crippen LogP contribution in [0.2, 0.25) is 0 Å². The third-order valence-corrected chi connectivity index (χ3v) is 3.91. The lowest BCUT2D eigenvalue weighted by molar-refractivity contribution is 0.598. The van der Waals surface area contributed by atoms with E-state index in [1.165, 1.54) is 6.20 Å². The van der Waals surface area contributed by atoms with E-state index in [-0.39, 0.29) is 4.90 Å². The van der Waals surface area contributed by atoms with E-state index in [0.717, 1.165) is 18.2 Å². The topological polar surface area (TPSA) is 56.1 Å². The number of para-hydroxylation sites is 1. The fourth-order valence-electron chi connectivity index (χ4n) is 2.01. The molecular formula is C13H15NO3S. The van der Waals surface area contributed by atoms with Crippen LogP contribution in [0.4, 0.5) is 0 Å². The summed E-state index contributed by atoms with van der Waals surface area (Å²) in [5, 5.41) is 0.453. The van der Waals surface area contributed by atoms with Crippen molar-refractivity contribution in [3.05, 3.63) is 40.7 Å². The molecule has 1 heterocycles. The van der Waals surface area contributed by atoms with Crippen molar-refractivity contribution in [3.63, 3.8) is 0 Å². The summed E-state index contributed by atoms with van der Waals surface area (Å²) in [5.74, 6) is 0. The zero-order valence-corrected chi connectivity index (χ0v) is 11.2. The van der Waals surface area contributed by atoms with Gasteiger partial charge in [0.2, 0.25) is 5.43 Å². The molecule has 0 saturated carbocycles. The third kappa shape index (κ3) is 2.18. The van der Waals surface area contributed by atoms with Crippen LogP contribution in [0.25, 0.3) is 10.9 Å². The SMILES string of the molecule is CCCn1cc(S(C)(=O)=O)c(=O)c2ccccc21. The molecule has 0 atom stereocenters. The van der Waals surface area contributed by atoms with E-state index in [9.17, 15) is 13.2 Å². The van der Waals surface area contributed by atoms with Crippen LogP contribution < -0.4 is 5.43 Å². The molecule has 0 aliphatic carbocycles. The first-order valence-electron chi connectivity index (χ1n) is 5.77. The van der Waals surface area contributed by atoms with E-state index in [4.69, 9.17) is 0 Å². The molecule has 5 heteroatoms. The highest BCUT2D eigenvalue weighted by molar-refractivity contribution is 7.90. The molecule has 2 rings (SSSR count). The predicted octanol–water partition coefficient (Wildman–Crippen LogP) is 1.82. The lowest BCUT2D eigenvalue weighted by atomic mass is 10.2. The van der Waals surface area contributed by atoms with Gasteiger partial charge in [-0.05, 0) is 18.6 Å². The van der Waals surface area contributed by atoms with Gasteiger partial charge in [-0.2, -0.15) is 0 Å². The summed E-state index contributed by atoms with van der Waals surface area (Å²) in [7, 11) is -3.50. The van der Waals surface area contributed by atoms with Crippen molar-refractivity contribution in [1.29, 1.82) is 0 Å². The number of fused-ring (bicyclic) bond motifs is 1. The Morgan fingerprint density at radius 3 is 2.50 bits per heavy atom. The summed E-state index contributed by atoms with van der Waals surface area (Å²) in [4.78, 5) is 12.0. The number of rotatable bonds is 3. The van der Waals surface area contributed by atoms with Crippen molar-refractivity contribution in [2.24, 2.45) is 0 Å². The average Bonchev–Trinajstić information content (AvgIpc) is 2.31. The molecule has 96 valence electrons. The Morgan fingerprint density at radius 1 is 1.22 bits per heavy atom. The molecule has 2 aromatic rings. The molecule has 0 N–H and O–H groups in total. The van der Waals surface area contributed by atoms with Gasteiger partial charge < -0.3 is 4.57 Å². The van der Waals surface area contributed by atoms with Gasteiger partial charge in [0.25, 0.3) is 0 Å². The second kappa shape index (κ2) is 4.57. The van der Waals surface area contributed by atoms with E-state index in [0.29, 0.717) is 11.9 Å². The molecule has 0 unspecified atom stereocenters. The van der Waals surface area contributed by atoms with Gasteiger partial charge >= 0.3 is 0 Å². The van der Waals surface area contributed by atoms with E-state index in [2.05, 4.69) is 0 Å². The van der Waals surface area contributed by atoms with Crippen LogP contribution >= 0.6 is 0 Å². The number of hydrogen-bond acceptors (Lipinski definition) is 3. The van der Waals surface area contributed by atoms with Crippen LogP contribution in [0.3, 0.4) is 0 Å². The first kappa shape index (κ1) is 12.8. The molecule has 1 aromatic carbocycles. The Labute approximate surface area is 106 Å². The summed E-state index contributed by atoms with van der Waals surface area (Å²) < 4.78 is 25.1. The lowest BCUT2D eigenvalue weighted by Crippen LogP contribution is -2.18. The number of hydrogen-bond donors (Lipinski definition) is 0. The Kier molecular flexibility index (Phi) is 3.26. The lowest BCUT2D eigenvalue weighted by Gasteiger charge is -2.11. The van der Waals surface area contributed by atoms with Gasteiger partial charge in [0.15, 0.2) is 9.84 Å². The minimum Gasteiger partial charge on any atom is -0.346 e. The fourth-order valence-corrected chi connectivity index (χ4v) is 2.77. The van der Waals surface area contributed by atoms with E-state index in [1.807, 2.05) is 23.6 Å². The Morgan fingerprint density at radius 2 is 1.89 bits per heavy atom. The zero-order valence-electron chi connectivity index (χ0n) is 10.4. The van der Waals surface area contributed by atoms with Gasteiger partial charge in [0, 0.05) is 24.4 Å². The summed E-state index contributed by atoms with van der Waals surface area (Å²) >= 11 is 0. The molecule has 0 aliphatic rings. The largest absolute Gasteiger partial charge is 0.346 e. The number of pyridine rings is 1. The molecule has 0 amide bonds. The van der Waals surface area contributed by atoms with E-state index < -0.39 is 15.3 Å². The molecule has 0 bridgehead atoms. The molecule has 0 saturated heterocycles. The summed E-state index contributed by atoms with van der Waals surface area (Å²) in [5.41, 5.74) is 0.359. The smallest absolute Gasteiger partial charge is 0.208 e. The standard InChI is InChI=1S/C13H15NO3S/c1-3-8-14-9-12(18(2,16)17)13(15)10-6-4-5-7-11(10)14/h4-7,9H,3,8H2,1-2H3. The second-order valence-electron chi connectivity index (χ2n) is 4.31. The second-order valence-corrected chi connectivity index (χ2v) is 6.29. The van der Waals surface area contributed by atoms with Crippen molar-refractivity contribution < 1.29 is 8.42 Å². The van der Waals surface area contributed by atoms with Gasteiger partial charge in [0.05, 0.1) is 5.52 Å². The summed E-state index contributed by atoms with van der Waals surface area (Å²) in [6, 6.07) is 7.08. The predicted molar refractivity (Wildman–Crippen MR) is 71.6 cm³/mol. The molecule has 0 radical (unpaired) electrons. The molecule has 18 heavy (non-hydrogen) atoms. The highest BCUT2D eigenvalue weighted by Crippen LogP contribution is 2.14. The molecule has 0 fully saturated rings. The normalized spacial score (nSPS) is 11.9. The number of aromatic nitrogens is 1. The Balaban J connectivity index is 2.92. The molecular weight excluding hydrogens is 250 g/mol. The van der Waals surface area contributed by atoms with Gasteiger partial charge in [-0.3, -0.25) is 4.79 Å². The molecule has 1 aromatic heterocycles. The van der Waals surface area contributed by atoms with E-state index >= 15 is 0 Å². The van der Waals surface area contributed by atoms with Crippen LogP contribution in [-0.2, 0) is 16.4 Å². The number of benzene rings is 1. The van der Waals surface area contributed by atoms with Crippen LogP contribution in [0.5, 0.6) is 0 Å². The first-order chi connectivity index (χ1) is 8.45. The van der Waals surface area contributed by atoms with Gasteiger partial charge in [-0.25, -0.2) is 8.42 Å². The van der Waals surface area contributed by atoms with Crippen LogP contribution in [0.15, 0.2) is 40.2 Å². The van der Waals surface area contributed by atoms with Crippen molar-refractivity contribution in [2.45, 2.75) is 24.8 Å². The maximum absolute atomic E-state index is 12.1. The minimum atomic E-state index is -3.50. The first-order valence-corrected chi connectivity index (χ1v) is 7.66. The van der Waals surface area contributed by atoms with Gasteiger partial charge in [-0.15, -0.1) is 0 Å². The quantitative estimate of drug-likeness (QED) is 0.850. The maximum atomic E-state index is 12.1. The molecule has 4 nitrogen and oxygen atoms in total. The van der Waals surface area contributed by atoms with Gasteiger partial charge in [0.1, 0.15) is 4.90 Å². The van der Waals surface area contributed by atoms with Crippen molar-refractivity contribution in [3.8, 4) is 0 Å². The minimum absolute atomic E-state index is 0.130. The van der Waals surface area contributed by atoms with Crippen LogP contribution in [0.1, 0.15) is 13.3 Å². The fraction of sp³-hybridized carbons (Fsp3) is 0.308. The molecule has 0 aliphatic heterocycles. The highest BCUT2D eigenvalue weighted by atomic mass is 32.2. The number of nitrogens with zero attached hydrogens (tertiary/aromatic N) is 1. The van der Waals surface area contributed by atoms with Crippen LogP contribution in [-0.4, -0.2) is 19.2 Å². The average molecular weight is 265 g/mol. The van der Waals surface area contributed by atoms with Crippen molar-refractivity contribution in [1.82, 2.24) is 4.57 Å². The maximum Gasteiger partial charge on any atom is 0.208 e. The zero-order chi connectivity index (χ0) is 13.3. The van der Waals surface area contributed by atoms with Crippen LogP contribution in [0, 0.1) is 0 Å². The Hall–Kier alpha value is -1.62. The monoisotopic (exact) mass is 265 g/mol. The van der Waals surface area contributed by atoms with E-state index in [1.54, 1.807) is 12.1 Å². The molecule has 0 spiro atoms. The highest BCUT2D eigenvalue weighted by Gasteiger charge is 2.16. The summed E-state index contributed by atoms with van der Waals surface area (Å²) in [6.45, 7) is 2.69. The Bertz CT molecular complexity index is 744. The number of sulfone groups is 1. The van der Waals surface area contributed by atoms with Crippen molar-refractivity contribution >= 4 is 20.7 Å². The number of aryl methyl sites for hydroxylation is 1. The third-order valence-electron chi connectivity index (χ3n) is 2.82. The summed E-state index contributed by atoms with van der Waals surface area (Å²) in [6.07, 6.45) is 3.38. The van der Waals surface area contributed by atoms with Crippen molar-refractivity contribution in [2.75, 3.05) is 6.26 Å². The van der Waals surface area contributed by atoms with Gasteiger partial charge in [-0.1, -0.05) is 19.1 Å².